The van der Waals surface area contributed by atoms with Crippen molar-refractivity contribution in [1.82, 2.24) is 4.90 Å². The number of halogens is 1. The maximum absolute atomic E-state index is 13.1. The van der Waals surface area contributed by atoms with Crippen LogP contribution < -0.4 is 10.1 Å². The minimum absolute atomic E-state index is 0.108. The molecule has 5 heteroatoms. The number of carbonyl (C=O) groups excluding carboxylic acids is 1. The van der Waals surface area contributed by atoms with Crippen molar-refractivity contribution in [3.8, 4) is 5.75 Å². The first-order valence-corrected chi connectivity index (χ1v) is 4.94. The average molecular weight is 226 g/mol. The lowest BCUT2D eigenvalue weighted by Gasteiger charge is -2.15. The van der Waals surface area contributed by atoms with E-state index < -0.39 is 5.82 Å². The van der Waals surface area contributed by atoms with Gasteiger partial charge < -0.3 is 15.0 Å². The molecular formula is C11H15FN2O2. The molecule has 0 unspecified atom stereocenters. The molecule has 1 aromatic carbocycles. The van der Waals surface area contributed by atoms with E-state index >= 15 is 0 Å². The van der Waals surface area contributed by atoms with Gasteiger partial charge >= 0.3 is 6.03 Å². The van der Waals surface area contributed by atoms with E-state index in [9.17, 15) is 9.18 Å². The van der Waals surface area contributed by atoms with Gasteiger partial charge in [0.2, 0.25) is 0 Å². The second kappa shape index (κ2) is 5.34. The SMILES string of the molecule is CCN(C)C(=O)Nc1ccc(F)c(OC)c1. The molecule has 0 fully saturated rings. The molecule has 0 aliphatic heterocycles. The zero-order valence-corrected chi connectivity index (χ0v) is 9.58. The van der Waals surface area contributed by atoms with Crippen molar-refractivity contribution in [2.45, 2.75) is 6.92 Å². The van der Waals surface area contributed by atoms with Crippen LogP contribution in [0, 0.1) is 5.82 Å². The largest absolute Gasteiger partial charge is 0.494 e. The first-order chi connectivity index (χ1) is 7.58. The third kappa shape index (κ3) is 2.85. The van der Waals surface area contributed by atoms with Crippen LogP contribution in [0.3, 0.4) is 0 Å². The Balaban J connectivity index is 2.78. The second-order valence-corrected chi connectivity index (χ2v) is 3.29. The third-order valence-corrected chi connectivity index (χ3v) is 2.22. The van der Waals surface area contributed by atoms with E-state index in [4.69, 9.17) is 4.74 Å². The number of carbonyl (C=O) groups is 1. The van der Waals surface area contributed by atoms with Crippen LogP contribution in [0.25, 0.3) is 0 Å². The van der Waals surface area contributed by atoms with Gasteiger partial charge in [-0.3, -0.25) is 0 Å². The lowest BCUT2D eigenvalue weighted by molar-refractivity contribution is 0.224. The summed E-state index contributed by atoms with van der Waals surface area (Å²) in [6.07, 6.45) is 0. The monoisotopic (exact) mass is 226 g/mol. The van der Waals surface area contributed by atoms with Crippen LogP contribution in [0.4, 0.5) is 14.9 Å². The Morgan fingerprint density at radius 2 is 2.25 bits per heavy atom. The highest BCUT2D eigenvalue weighted by Crippen LogP contribution is 2.21. The summed E-state index contributed by atoms with van der Waals surface area (Å²) in [5.74, 6) is -0.346. The van der Waals surface area contributed by atoms with Gasteiger partial charge in [0.15, 0.2) is 11.6 Å². The van der Waals surface area contributed by atoms with Gasteiger partial charge in [0.25, 0.3) is 0 Å². The van der Waals surface area contributed by atoms with Crippen molar-refractivity contribution >= 4 is 11.7 Å². The fourth-order valence-electron chi connectivity index (χ4n) is 1.10. The predicted octanol–water partition coefficient (Wildman–Crippen LogP) is 2.32. The third-order valence-electron chi connectivity index (χ3n) is 2.22. The summed E-state index contributed by atoms with van der Waals surface area (Å²) in [7, 11) is 3.05. The molecular weight excluding hydrogens is 211 g/mol. The fraction of sp³-hybridized carbons (Fsp3) is 0.364. The van der Waals surface area contributed by atoms with Gasteiger partial charge in [-0.2, -0.15) is 0 Å². The number of amides is 2. The zero-order valence-electron chi connectivity index (χ0n) is 9.58. The van der Waals surface area contributed by atoms with Crippen molar-refractivity contribution in [3.05, 3.63) is 24.0 Å². The smallest absolute Gasteiger partial charge is 0.321 e. The summed E-state index contributed by atoms with van der Waals surface area (Å²) in [6.45, 7) is 2.47. The van der Waals surface area contributed by atoms with Crippen molar-refractivity contribution in [3.63, 3.8) is 0 Å². The number of urea groups is 1. The fourth-order valence-corrected chi connectivity index (χ4v) is 1.10. The normalized spacial score (nSPS) is 9.75. The van der Waals surface area contributed by atoms with Gasteiger partial charge in [-0.25, -0.2) is 9.18 Å². The molecule has 4 nitrogen and oxygen atoms in total. The highest BCUT2D eigenvalue weighted by Gasteiger charge is 2.08. The number of methoxy groups -OCH3 is 1. The van der Waals surface area contributed by atoms with Gasteiger partial charge in [-0.05, 0) is 19.1 Å². The van der Waals surface area contributed by atoms with Gasteiger partial charge in [-0.1, -0.05) is 0 Å². The molecule has 16 heavy (non-hydrogen) atoms. The minimum Gasteiger partial charge on any atom is -0.494 e. The average Bonchev–Trinajstić information content (AvgIpc) is 2.30. The van der Waals surface area contributed by atoms with Crippen molar-refractivity contribution in [2.75, 3.05) is 26.0 Å². The van der Waals surface area contributed by atoms with Crippen LogP contribution in [0.1, 0.15) is 6.92 Å². The molecule has 2 amide bonds. The Kier molecular flexibility index (Phi) is 4.10. The molecule has 0 aromatic heterocycles. The van der Waals surface area contributed by atoms with Gasteiger partial charge in [0.1, 0.15) is 0 Å². The molecule has 0 aliphatic rings. The quantitative estimate of drug-likeness (QED) is 0.859. The number of nitrogens with zero attached hydrogens (tertiary/aromatic N) is 1. The molecule has 0 saturated carbocycles. The number of ether oxygens (including phenoxy) is 1. The summed E-state index contributed by atoms with van der Waals surface area (Å²) in [5, 5.41) is 2.63. The van der Waals surface area contributed by atoms with Gasteiger partial charge in [0.05, 0.1) is 7.11 Å². The van der Waals surface area contributed by atoms with Crippen molar-refractivity contribution in [2.24, 2.45) is 0 Å². The van der Waals surface area contributed by atoms with Gasteiger partial charge in [-0.15, -0.1) is 0 Å². The van der Waals surface area contributed by atoms with E-state index in [-0.39, 0.29) is 11.8 Å². The number of nitrogens with one attached hydrogen (secondary N) is 1. The van der Waals surface area contributed by atoms with Crippen molar-refractivity contribution < 1.29 is 13.9 Å². The molecule has 0 bridgehead atoms. The summed E-state index contributed by atoms with van der Waals surface area (Å²) in [5.41, 5.74) is 0.503. The summed E-state index contributed by atoms with van der Waals surface area (Å²) in [6, 6.07) is 3.94. The molecule has 0 aliphatic carbocycles. The molecule has 0 atom stereocenters. The Morgan fingerprint density at radius 1 is 1.56 bits per heavy atom. The van der Waals surface area contributed by atoms with Gasteiger partial charge in [0, 0.05) is 25.3 Å². The number of hydrogen-bond donors (Lipinski definition) is 1. The van der Waals surface area contributed by atoms with Crippen LogP contribution in [0.2, 0.25) is 0 Å². The standard InChI is InChI=1S/C11H15FN2O2/c1-4-14(2)11(15)13-8-5-6-9(12)10(7-8)16-3/h5-7H,4H2,1-3H3,(H,13,15). The molecule has 1 aromatic rings. The van der Waals surface area contributed by atoms with E-state index in [0.29, 0.717) is 12.2 Å². The molecule has 88 valence electrons. The first kappa shape index (κ1) is 12.3. The Labute approximate surface area is 94.0 Å². The Hall–Kier alpha value is -1.78. The Bertz CT molecular complexity index is 382. The minimum atomic E-state index is -0.454. The molecule has 1 rings (SSSR count). The van der Waals surface area contributed by atoms with Crippen LogP contribution in [0.5, 0.6) is 5.75 Å². The highest BCUT2D eigenvalue weighted by atomic mass is 19.1. The molecule has 0 heterocycles. The maximum Gasteiger partial charge on any atom is 0.321 e. The number of hydrogen-bond acceptors (Lipinski definition) is 2. The summed E-state index contributed by atoms with van der Waals surface area (Å²) < 4.78 is 17.9. The van der Waals surface area contributed by atoms with Crippen molar-refractivity contribution in [1.29, 1.82) is 0 Å². The second-order valence-electron chi connectivity index (χ2n) is 3.29. The summed E-state index contributed by atoms with van der Waals surface area (Å²) >= 11 is 0. The van der Waals surface area contributed by atoms with E-state index in [2.05, 4.69) is 5.32 Å². The molecule has 0 radical (unpaired) electrons. The molecule has 1 N–H and O–H groups in total. The van der Waals surface area contributed by atoms with E-state index in [1.165, 1.54) is 30.2 Å². The van der Waals surface area contributed by atoms with Crippen LogP contribution in [-0.2, 0) is 0 Å². The van der Waals surface area contributed by atoms with Crippen LogP contribution in [0.15, 0.2) is 18.2 Å². The van der Waals surface area contributed by atoms with E-state index in [0.717, 1.165) is 0 Å². The van der Waals surface area contributed by atoms with Crippen LogP contribution in [-0.4, -0.2) is 31.6 Å². The maximum atomic E-state index is 13.1. The number of benzene rings is 1. The Morgan fingerprint density at radius 3 is 2.81 bits per heavy atom. The summed E-state index contributed by atoms with van der Waals surface area (Å²) in [4.78, 5) is 13.0. The van der Waals surface area contributed by atoms with Crippen LogP contribution >= 0.6 is 0 Å². The highest BCUT2D eigenvalue weighted by molar-refractivity contribution is 5.89. The first-order valence-electron chi connectivity index (χ1n) is 4.94. The number of rotatable bonds is 3. The molecule has 0 saturated heterocycles. The predicted molar refractivity (Wildman–Crippen MR) is 60.3 cm³/mol. The topological polar surface area (TPSA) is 41.6 Å². The number of anilines is 1. The van der Waals surface area contributed by atoms with E-state index in [1.807, 2.05) is 6.92 Å². The lowest BCUT2D eigenvalue weighted by Crippen LogP contribution is -2.30. The zero-order chi connectivity index (χ0) is 12.1. The lowest BCUT2D eigenvalue weighted by atomic mass is 10.3. The van der Waals surface area contributed by atoms with E-state index in [1.54, 1.807) is 7.05 Å². The molecule has 0 spiro atoms.